The third kappa shape index (κ3) is 7.32. The first kappa shape index (κ1) is 29.4. The lowest BCUT2D eigenvalue weighted by atomic mass is 9.99. The molecule has 0 radical (unpaired) electrons. The van der Waals surface area contributed by atoms with Crippen molar-refractivity contribution in [2.75, 3.05) is 23.1 Å². The summed E-state index contributed by atoms with van der Waals surface area (Å²) in [5.41, 5.74) is 3.34. The normalized spacial score (nSPS) is 16.6. The molecule has 1 atom stereocenters. The smallest absolute Gasteiger partial charge is 0.261 e. The molecule has 3 aromatic carbocycles. The second kappa shape index (κ2) is 11.9. The van der Waals surface area contributed by atoms with Gasteiger partial charge in [-0.3, -0.25) is 9.52 Å². The van der Waals surface area contributed by atoms with E-state index in [-0.39, 0.29) is 28.1 Å². The Labute approximate surface area is 239 Å². The van der Waals surface area contributed by atoms with Crippen molar-refractivity contribution in [3.8, 4) is 0 Å². The van der Waals surface area contributed by atoms with Gasteiger partial charge in [-0.05, 0) is 91.9 Å². The zero-order valence-electron chi connectivity index (χ0n) is 21.4. The molecule has 1 aliphatic heterocycles. The van der Waals surface area contributed by atoms with Gasteiger partial charge in [0.2, 0.25) is 15.9 Å². The number of nitrogens with zero attached hydrogens (tertiary/aromatic N) is 1. The van der Waals surface area contributed by atoms with Crippen molar-refractivity contribution in [3.05, 3.63) is 87.4 Å². The van der Waals surface area contributed by atoms with Gasteiger partial charge in [0.05, 0.1) is 16.6 Å². The van der Waals surface area contributed by atoms with E-state index in [1.807, 2.05) is 19.9 Å². The Hall–Kier alpha value is -2.63. The lowest BCUT2D eigenvalue weighted by Crippen LogP contribution is -2.44. The minimum atomic E-state index is -3.82. The highest BCUT2D eigenvalue weighted by molar-refractivity contribution is 7.92. The van der Waals surface area contributed by atoms with Crippen molar-refractivity contribution in [1.29, 1.82) is 0 Å². The molecule has 1 fully saturated rings. The fourth-order valence-corrected chi connectivity index (χ4v) is 7.56. The second-order valence-corrected chi connectivity index (χ2v) is 14.1. The van der Waals surface area contributed by atoms with Crippen molar-refractivity contribution in [1.82, 2.24) is 4.31 Å². The average molecular weight is 611 g/mol. The maximum atomic E-state index is 13.1. The van der Waals surface area contributed by atoms with Crippen molar-refractivity contribution in [3.63, 3.8) is 0 Å². The van der Waals surface area contributed by atoms with Crippen LogP contribution < -0.4 is 10.0 Å². The number of benzene rings is 3. The van der Waals surface area contributed by atoms with Gasteiger partial charge >= 0.3 is 0 Å². The monoisotopic (exact) mass is 609 g/mol. The molecule has 8 nitrogen and oxygen atoms in total. The molecule has 208 valence electrons. The van der Waals surface area contributed by atoms with Gasteiger partial charge in [0, 0.05) is 34.5 Å². The van der Waals surface area contributed by atoms with Gasteiger partial charge < -0.3 is 5.32 Å². The molecule has 4 rings (SSSR count). The molecule has 1 unspecified atom stereocenters. The minimum Gasteiger partial charge on any atom is -0.326 e. The second-order valence-electron chi connectivity index (χ2n) is 9.61. The number of carbonyl (C=O) groups is 1. The molecule has 1 aliphatic rings. The molecule has 12 heteroatoms. The number of sulfonamides is 2. The summed E-state index contributed by atoms with van der Waals surface area (Å²) >= 11 is 12.1. The van der Waals surface area contributed by atoms with Crippen LogP contribution in [0.1, 0.15) is 29.5 Å². The molecule has 1 amide bonds. The number of amides is 1. The Bertz CT molecular complexity index is 1590. The van der Waals surface area contributed by atoms with Crippen LogP contribution in [0.25, 0.3) is 0 Å². The van der Waals surface area contributed by atoms with Crippen molar-refractivity contribution >= 4 is 60.5 Å². The number of anilines is 2. The fourth-order valence-electron chi connectivity index (χ4n) is 4.32. The number of hydrogen-bond donors (Lipinski definition) is 2. The van der Waals surface area contributed by atoms with Gasteiger partial charge in [0.15, 0.2) is 0 Å². The largest absolute Gasteiger partial charge is 0.326 e. The first-order valence-electron chi connectivity index (χ1n) is 12.3. The Balaban J connectivity index is 1.39. The molecule has 0 spiro atoms. The lowest BCUT2D eigenvalue weighted by Gasteiger charge is -2.31. The van der Waals surface area contributed by atoms with Crippen LogP contribution in [0.4, 0.5) is 11.4 Å². The topological polar surface area (TPSA) is 113 Å². The number of halogens is 2. The summed E-state index contributed by atoms with van der Waals surface area (Å²) in [5.74, 6) is -1.17. The summed E-state index contributed by atoms with van der Waals surface area (Å²) in [6.45, 7) is 4.21. The lowest BCUT2D eigenvalue weighted by molar-refractivity contribution is -0.120. The Morgan fingerprint density at radius 1 is 0.923 bits per heavy atom. The number of carbonyl (C=O) groups excluding carboxylic acids is 1. The summed E-state index contributed by atoms with van der Waals surface area (Å²) < 4.78 is 55.6. The number of aryl methyl sites for hydroxylation is 2. The van der Waals surface area contributed by atoms with Crippen molar-refractivity contribution in [2.45, 2.75) is 37.3 Å². The predicted octanol–water partition coefficient (Wildman–Crippen LogP) is 5.59. The summed E-state index contributed by atoms with van der Waals surface area (Å²) in [6, 6.07) is 15.8. The molecular formula is C27H29Cl2N3O5S2. The quantitative estimate of drug-likeness (QED) is 0.345. The van der Waals surface area contributed by atoms with E-state index in [9.17, 15) is 21.6 Å². The maximum Gasteiger partial charge on any atom is 0.261 e. The summed E-state index contributed by atoms with van der Waals surface area (Å²) in [4.78, 5) is 13.0. The highest BCUT2D eigenvalue weighted by Crippen LogP contribution is 2.27. The molecule has 1 heterocycles. The van der Waals surface area contributed by atoms with Gasteiger partial charge in [-0.25, -0.2) is 21.1 Å². The predicted molar refractivity (Wildman–Crippen MR) is 155 cm³/mol. The Morgan fingerprint density at radius 3 is 2.28 bits per heavy atom. The van der Waals surface area contributed by atoms with E-state index < -0.39 is 26.0 Å². The molecule has 39 heavy (non-hydrogen) atoms. The Kier molecular flexibility index (Phi) is 8.92. The van der Waals surface area contributed by atoms with Crippen LogP contribution in [0, 0.1) is 19.8 Å². The van der Waals surface area contributed by atoms with Crippen LogP contribution in [-0.4, -0.2) is 40.1 Å². The fraction of sp³-hybridized carbons (Fsp3) is 0.296. The van der Waals surface area contributed by atoms with Gasteiger partial charge in [0.1, 0.15) is 0 Å². The van der Waals surface area contributed by atoms with Gasteiger partial charge in [-0.2, -0.15) is 0 Å². The van der Waals surface area contributed by atoms with Crippen LogP contribution in [0.3, 0.4) is 0 Å². The molecular weight excluding hydrogens is 581 g/mol. The maximum absolute atomic E-state index is 13.1. The van der Waals surface area contributed by atoms with Crippen molar-refractivity contribution < 1.29 is 21.6 Å². The third-order valence-electron chi connectivity index (χ3n) is 6.69. The van der Waals surface area contributed by atoms with Crippen LogP contribution >= 0.6 is 23.2 Å². The number of piperidine rings is 1. The van der Waals surface area contributed by atoms with Crippen molar-refractivity contribution in [2.24, 2.45) is 5.92 Å². The molecule has 0 saturated carbocycles. The van der Waals surface area contributed by atoms with E-state index in [2.05, 4.69) is 10.0 Å². The first-order chi connectivity index (χ1) is 18.3. The number of rotatable bonds is 8. The highest BCUT2D eigenvalue weighted by atomic mass is 35.5. The molecule has 3 aromatic rings. The Morgan fingerprint density at radius 2 is 1.62 bits per heavy atom. The van der Waals surface area contributed by atoms with Crippen LogP contribution in [0.5, 0.6) is 0 Å². The molecule has 2 N–H and O–H groups in total. The van der Waals surface area contributed by atoms with E-state index in [0.29, 0.717) is 41.3 Å². The average Bonchev–Trinajstić information content (AvgIpc) is 2.88. The number of hydrogen-bond acceptors (Lipinski definition) is 5. The van der Waals surface area contributed by atoms with Gasteiger partial charge in [-0.1, -0.05) is 35.3 Å². The SMILES string of the molecule is Cc1ccc(NS(=O)(=O)c2ccc(NC(=O)C3CCCN(S(=O)(=O)Cc4ccc(Cl)cc4Cl)C3)cc2)cc1C. The van der Waals surface area contributed by atoms with E-state index in [1.54, 1.807) is 24.3 Å². The minimum absolute atomic E-state index is 0.0473. The standard InChI is InChI=1S/C27H29Cl2N3O5S2/c1-18-5-8-24(14-19(18)2)31-39(36,37)25-11-9-23(10-12-25)30-27(33)20-4-3-13-32(16-20)38(34,35)17-21-6-7-22(28)15-26(21)29/h5-12,14-15,20,31H,3-4,13,16-17H2,1-2H3,(H,30,33). The van der Waals surface area contributed by atoms with Gasteiger partial charge in [-0.15, -0.1) is 0 Å². The molecule has 1 saturated heterocycles. The van der Waals surface area contributed by atoms with Crippen LogP contribution in [0.2, 0.25) is 10.0 Å². The summed E-state index contributed by atoms with van der Waals surface area (Å²) in [5, 5.41) is 3.47. The van der Waals surface area contributed by atoms with E-state index in [4.69, 9.17) is 23.2 Å². The zero-order valence-corrected chi connectivity index (χ0v) is 24.6. The van der Waals surface area contributed by atoms with E-state index >= 15 is 0 Å². The van der Waals surface area contributed by atoms with Gasteiger partial charge in [0.25, 0.3) is 10.0 Å². The number of nitrogens with one attached hydrogen (secondary N) is 2. The third-order valence-corrected chi connectivity index (χ3v) is 10.5. The zero-order chi connectivity index (χ0) is 28.4. The summed E-state index contributed by atoms with van der Waals surface area (Å²) in [6.07, 6.45) is 1.07. The van der Waals surface area contributed by atoms with Crippen LogP contribution in [0.15, 0.2) is 65.6 Å². The summed E-state index contributed by atoms with van der Waals surface area (Å²) in [7, 11) is -7.53. The molecule has 0 aromatic heterocycles. The van der Waals surface area contributed by atoms with Crippen LogP contribution in [-0.2, 0) is 30.6 Å². The molecule has 0 bridgehead atoms. The molecule has 0 aliphatic carbocycles. The van der Waals surface area contributed by atoms with E-state index in [1.165, 1.54) is 34.6 Å². The highest BCUT2D eigenvalue weighted by Gasteiger charge is 2.33. The van der Waals surface area contributed by atoms with E-state index in [0.717, 1.165) is 11.1 Å². The first-order valence-corrected chi connectivity index (χ1v) is 16.1.